The summed E-state index contributed by atoms with van der Waals surface area (Å²) in [6.45, 7) is 14.2. The fourth-order valence-corrected chi connectivity index (χ4v) is 9.20. The minimum atomic E-state index is -1.18. The van der Waals surface area contributed by atoms with Gasteiger partial charge in [-0.2, -0.15) is 0 Å². The van der Waals surface area contributed by atoms with Crippen molar-refractivity contribution in [1.29, 1.82) is 0 Å². The lowest BCUT2D eigenvalue weighted by Gasteiger charge is -2.41. The van der Waals surface area contributed by atoms with Crippen LogP contribution in [-0.2, 0) is 46.4 Å². The monoisotopic (exact) mass is 908 g/mol. The van der Waals surface area contributed by atoms with E-state index in [1.807, 2.05) is 90.9 Å². The van der Waals surface area contributed by atoms with E-state index in [0.29, 0.717) is 31.5 Å². The van der Waals surface area contributed by atoms with Gasteiger partial charge in [0.2, 0.25) is 29.5 Å². The number of methoxy groups -OCH3 is 2. The topological polar surface area (TPSA) is 190 Å². The summed E-state index contributed by atoms with van der Waals surface area (Å²) in [5.74, 6) is -2.38. The summed E-state index contributed by atoms with van der Waals surface area (Å²) in [5, 5.41) is 17.4. The molecule has 1 saturated heterocycles. The number of carboxylic acid groups (broad SMARTS) is 1. The number of likely N-dealkylation sites (N-methyl/N-ethyl adjacent to an activating group) is 3. The van der Waals surface area contributed by atoms with Crippen LogP contribution in [0.15, 0.2) is 54.6 Å². The number of hydrogen-bond donors (Lipinski definition) is 4. The molecule has 0 radical (unpaired) electrons. The van der Waals surface area contributed by atoms with Gasteiger partial charge >= 0.3 is 6.09 Å². The second kappa shape index (κ2) is 25.6. The molecule has 1 aliphatic rings. The molecule has 1 fully saturated rings. The third-order valence-corrected chi connectivity index (χ3v) is 12.8. The smallest absolute Gasteiger partial charge is 0.409 e. The first-order chi connectivity index (χ1) is 30.7. The first-order valence-corrected chi connectivity index (χ1v) is 22.9. The summed E-state index contributed by atoms with van der Waals surface area (Å²) in [6, 6.07) is 13.0. The Balaban J connectivity index is 1.81. The second-order valence-corrected chi connectivity index (χ2v) is 18.5. The van der Waals surface area contributed by atoms with Crippen molar-refractivity contribution in [3.05, 3.63) is 65.7 Å². The van der Waals surface area contributed by atoms with Gasteiger partial charge in [0.1, 0.15) is 12.1 Å². The summed E-state index contributed by atoms with van der Waals surface area (Å²) in [4.78, 5) is 88.5. The Bertz CT molecular complexity index is 1850. The normalized spacial score (nSPS) is 17.7. The largest absolute Gasteiger partial charge is 0.465 e. The first-order valence-electron chi connectivity index (χ1n) is 22.9. The van der Waals surface area contributed by atoms with Gasteiger partial charge in [-0.1, -0.05) is 97.4 Å². The highest BCUT2D eigenvalue weighted by Crippen LogP contribution is 2.30. The Labute approximate surface area is 387 Å². The number of carbonyl (C=O) groups excluding carboxylic acids is 5. The zero-order chi connectivity index (χ0) is 48.7. The maximum Gasteiger partial charge on any atom is 0.409 e. The lowest BCUT2D eigenvalue weighted by molar-refractivity contribution is -0.148. The van der Waals surface area contributed by atoms with E-state index in [9.17, 15) is 28.8 Å². The molecular weight excluding hydrogens is 831 g/mol. The van der Waals surface area contributed by atoms with Crippen LogP contribution < -0.4 is 16.0 Å². The number of benzene rings is 2. The van der Waals surface area contributed by atoms with Gasteiger partial charge in [0.05, 0.1) is 42.7 Å². The standard InChI is InChI=1S/C49H77N7O9/c1-14-32(6)43(55(11)48(61)41(30(2)3)52-46(59)42(31(4)5)53(8)9)39(64-12)28-40(57)56-26-18-21-38(56)44(65-13)33(7)45(58)51-37(27-34-19-16-15-17-20-34)47(60)54(10)29-35-22-24-36(25-23-35)50-49(62)63/h15-17,19-20,22-25,30-33,37-39,41-44,50H,14,18,21,26-29H2,1-13H3,(H,51,58)(H,52,59)(H,62,63)/t32-,33+,37?,38?,39+,41?,42?,43-,44+/m0/s1. The van der Waals surface area contributed by atoms with Gasteiger partial charge in [-0.05, 0) is 68.0 Å². The molecule has 0 spiro atoms. The molecule has 0 aromatic heterocycles. The number of likely N-dealkylation sites (tertiary alicyclic amines) is 1. The van der Waals surface area contributed by atoms with Crippen LogP contribution in [0.4, 0.5) is 10.5 Å². The molecule has 4 unspecified atom stereocenters. The summed E-state index contributed by atoms with van der Waals surface area (Å²) in [7, 11) is 10.1. The van der Waals surface area contributed by atoms with Crippen LogP contribution >= 0.6 is 0 Å². The van der Waals surface area contributed by atoms with Gasteiger partial charge in [-0.25, -0.2) is 4.79 Å². The molecule has 4 N–H and O–H groups in total. The molecule has 0 saturated carbocycles. The van der Waals surface area contributed by atoms with Crippen molar-refractivity contribution >= 4 is 41.3 Å². The van der Waals surface area contributed by atoms with E-state index in [0.717, 1.165) is 11.1 Å². The van der Waals surface area contributed by atoms with Gasteiger partial charge in [0.15, 0.2) is 0 Å². The van der Waals surface area contributed by atoms with E-state index >= 15 is 0 Å². The Morgan fingerprint density at radius 3 is 1.95 bits per heavy atom. The molecule has 9 atom stereocenters. The lowest BCUT2D eigenvalue weighted by atomic mass is 9.89. The molecule has 1 aliphatic heterocycles. The van der Waals surface area contributed by atoms with Crippen LogP contribution in [0.1, 0.15) is 85.3 Å². The van der Waals surface area contributed by atoms with Crippen LogP contribution in [0.25, 0.3) is 0 Å². The average molecular weight is 908 g/mol. The van der Waals surface area contributed by atoms with Crippen molar-refractivity contribution in [3.8, 4) is 0 Å². The van der Waals surface area contributed by atoms with E-state index in [1.54, 1.807) is 62.2 Å². The van der Waals surface area contributed by atoms with E-state index in [4.69, 9.17) is 14.6 Å². The highest BCUT2D eigenvalue weighted by atomic mass is 16.5. The zero-order valence-corrected chi connectivity index (χ0v) is 41.0. The maximum atomic E-state index is 14.4. The Hall–Kier alpha value is -5.06. The molecule has 2 aromatic rings. The predicted molar refractivity (Wildman–Crippen MR) is 252 cm³/mol. The third kappa shape index (κ3) is 15.0. The molecule has 362 valence electrons. The van der Waals surface area contributed by atoms with Gasteiger partial charge in [0, 0.05) is 53.5 Å². The van der Waals surface area contributed by atoms with Crippen LogP contribution in [0, 0.1) is 23.7 Å². The molecule has 6 amide bonds. The van der Waals surface area contributed by atoms with Crippen LogP contribution in [0.5, 0.6) is 0 Å². The quantitative estimate of drug-likeness (QED) is 0.110. The highest BCUT2D eigenvalue weighted by Gasteiger charge is 2.43. The Morgan fingerprint density at radius 2 is 1.43 bits per heavy atom. The fraction of sp³-hybridized carbons (Fsp3) is 0.633. The second-order valence-electron chi connectivity index (χ2n) is 18.5. The van der Waals surface area contributed by atoms with E-state index in [-0.39, 0.29) is 60.8 Å². The molecule has 0 bridgehead atoms. The SMILES string of the molecule is CC[C@H](C)[C@@H]([C@@H](CC(=O)N1CCCC1[C@H](OC)[C@@H](C)C(=O)NC(Cc1ccccc1)C(=O)N(C)Cc1ccc(NC(=O)O)cc1)OC)N(C)C(=O)C(NC(=O)C(C(C)C)N(C)C)C(C)C. The predicted octanol–water partition coefficient (Wildman–Crippen LogP) is 5.11. The van der Waals surface area contributed by atoms with E-state index in [1.165, 1.54) is 12.0 Å². The Morgan fingerprint density at radius 1 is 0.800 bits per heavy atom. The van der Waals surface area contributed by atoms with Crippen LogP contribution in [0.2, 0.25) is 0 Å². The first kappa shape index (κ1) is 54.3. The number of anilines is 1. The number of nitrogens with zero attached hydrogens (tertiary/aromatic N) is 4. The highest BCUT2D eigenvalue weighted by molar-refractivity contribution is 5.91. The van der Waals surface area contributed by atoms with Gasteiger partial charge in [0.25, 0.3) is 0 Å². The maximum absolute atomic E-state index is 14.4. The number of amides is 6. The minimum Gasteiger partial charge on any atom is -0.465 e. The molecule has 16 nitrogen and oxygen atoms in total. The minimum absolute atomic E-state index is 0.0220. The molecule has 0 aliphatic carbocycles. The molecule has 3 rings (SSSR count). The zero-order valence-electron chi connectivity index (χ0n) is 41.0. The van der Waals surface area contributed by atoms with Crippen molar-refractivity contribution in [2.45, 2.75) is 130 Å². The van der Waals surface area contributed by atoms with E-state index < -0.39 is 60.3 Å². The van der Waals surface area contributed by atoms with Crippen molar-refractivity contribution in [2.24, 2.45) is 23.7 Å². The van der Waals surface area contributed by atoms with Crippen LogP contribution in [0.3, 0.4) is 0 Å². The average Bonchev–Trinajstić information content (AvgIpc) is 3.74. The number of hydrogen-bond acceptors (Lipinski definition) is 9. The molecule has 2 aromatic carbocycles. The summed E-state index contributed by atoms with van der Waals surface area (Å²) in [6.07, 6.45) is -0.336. The fourth-order valence-electron chi connectivity index (χ4n) is 9.20. The summed E-state index contributed by atoms with van der Waals surface area (Å²) < 4.78 is 12.1. The molecule has 1 heterocycles. The lowest BCUT2D eigenvalue weighted by Crippen LogP contribution is -2.59. The number of ether oxygens (including phenoxy) is 2. The Kier molecular flexibility index (Phi) is 21.4. The summed E-state index contributed by atoms with van der Waals surface area (Å²) in [5.41, 5.74) is 2.03. The summed E-state index contributed by atoms with van der Waals surface area (Å²) >= 11 is 0. The van der Waals surface area contributed by atoms with Crippen LogP contribution in [-0.4, -0.2) is 152 Å². The third-order valence-electron chi connectivity index (χ3n) is 12.8. The molecule has 65 heavy (non-hydrogen) atoms. The van der Waals surface area contributed by atoms with Crippen molar-refractivity contribution in [3.63, 3.8) is 0 Å². The molecular formula is C49H77N7O9. The van der Waals surface area contributed by atoms with Crippen molar-refractivity contribution < 1.29 is 43.3 Å². The van der Waals surface area contributed by atoms with Crippen molar-refractivity contribution in [2.75, 3.05) is 54.3 Å². The van der Waals surface area contributed by atoms with E-state index in [2.05, 4.69) is 16.0 Å². The number of nitrogens with one attached hydrogen (secondary N) is 3. The van der Waals surface area contributed by atoms with Crippen molar-refractivity contribution in [1.82, 2.24) is 30.2 Å². The van der Waals surface area contributed by atoms with Gasteiger partial charge in [-0.15, -0.1) is 0 Å². The van der Waals surface area contributed by atoms with Gasteiger partial charge in [-0.3, -0.25) is 34.2 Å². The number of carbonyl (C=O) groups is 6. The molecule has 16 heteroatoms. The number of rotatable bonds is 24. The van der Waals surface area contributed by atoms with Gasteiger partial charge < -0.3 is 39.9 Å².